The average Bonchev–Trinajstić information content (AvgIpc) is 1.84. The monoisotopic (exact) mass is 280 g/mol. The minimum absolute atomic E-state index is 0.649. The molecule has 0 aromatic carbocycles. The predicted octanol–water partition coefficient (Wildman–Crippen LogP) is 4.26. The smallest absolute Gasteiger partial charge is 0.200 e. The highest BCUT2D eigenvalue weighted by molar-refractivity contribution is 6.68. The Hall–Kier alpha value is 0.880. The Kier molecular flexibility index (Phi) is 4.45. The zero-order valence-electron chi connectivity index (χ0n) is 5.94. The van der Waals surface area contributed by atoms with E-state index in [0.29, 0.717) is 0 Å². The third kappa shape index (κ3) is 2.91. The molecule has 0 heterocycles. The summed E-state index contributed by atoms with van der Waals surface area (Å²) in [6, 6.07) is 0. The topological polar surface area (TPSA) is 0 Å². The van der Waals surface area contributed by atoms with Gasteiger partial charge >= 0.3 is 11.8 Å². The maximum atomic E-state index is 12.7. The van der Waals surface area contributed by atoms with E-state index in [1.54, 1.807) is 0 Å². The van der Waals surface area contributed by atoms with Crippen LogP contribution in [0.4, 0.5) is 17.6 Å². The van der Waals surface area contributed by atoms with Crippen LogP contribution >= 0.6 is 46.4 Å². The third-order valence-corrected chi connectivity index (χ3v) is 2.12. The van der Waals surface area contributed by atoms with Crippen molar-refractivity contribution in [3.8, 4) is 0 Å². The third-order valence-electron chi connectivity index (χ3n) is 1.22. The lowest BCUT2D eigenvalue weighted by molar-refractivity contribution is -0.206. The van der Waals surface area contributed by atoms with Gasteiger partial charge in [-0.25, -0.2) is 0 Å². The van der Waals surface area contributed by atoms with Crippen LogP contribution in [0.5, 0.6) is 0 Å². The molecule has 0 atom stereocenters. The highest BCUT2D eigenvalue weighted by atomic mass is 35.6. The van der Waals surface area contributed by atoms with Crippen LogP contribution in [0.3, 0.4) is 0 Å². The van der Waals surface area contributed by atoms with Gasteiger partial charge in [0.25, 0.3) is 3.79 Å². The van der Waals surface area contributed by atoms with E-state index in [2.05, 4.69) is 0 Å². The summed E-state index contributed by atoms with van der Waals surface area (Å²) in [6.07, 6.45) is -1.25. The minimum Gasteiger partial charge on any atom is -0.200 e. The lowest BCUT2D eigenvalue weighted by Crippen LogP contribution is -2.50. The van der Waals surface area contributed by atoms with Crippen molar-refractivity contribution in [2.24, 2.45) is 0 Å². The van der Waals surface area contributed by atoms with Gasteiger partial charge in [0, 0.05) is 12.3 Å². The summed E-state index contributed by atoms with van der Waals surface area (Å²) < 4.78 is 47.3. The van der Waals surface area contributed by atoms with Crippen molar-refractivity contribution in [2.75, 3.05) is 5.88 Å². The van der Waals surface area contributed by atoms with Gasteiger partial charge in [-0.2, -0.15) is 17.6 Å². The quantitative estimate of drug-likeness (QED) is 0.536. The van der Waals surface area contributed by atoms with E-state index in [-0.39, 0.29) is 0 Å². The molecule has 0 aromatic heterocycles. The molecule has 0 radical (unpaired) electrons. The SMILES string of the molecule is FC(F)(CCCl)C(F)(F)C(Cl)(Cl)Cl. The molecular formula is C5H4Cl4F4. The second-order valence-corrected chi connectivity index (χ2v) is 4.87. The van der Waals surface area contributed by atoms with Crippen molar-refractivity contribution in [3.63, 3.8) is 0 Å². The second kappa shape index (κ2) is 4.17. The van der Waals surface area contributed by atoms with Gasteiger partial charge in [-0.05, 0) is 0 Å². The summed E-state index contributed by atoms with van der Waals surface area (Å²) >= 11 is 19.0. The van der Waals surface area contributed by atoms with E-state index >= 15 is 0 Å². The summed E-state index contributed by atoms with van der Waals surface area (Å²) in [5, 5.41) is 0. The second-order valence-electron chi connectivity index (χ2n) is 2.22. The fraction of sp³-hybridized carbons (Fsp3) is 1.00. The van der Waals surface area contributed by atoms with E-state index in [1.807, 2.05) is 0 Å². The van der Waals surface area contributed by atoms with Gasteiger partial charge in [-0.3, -0.25) is 0 Å². The van der Waals surface area contributed by atoms with Crippen LogP contribution in [0, 0.1) is 0 Å². The molecule has 0 aliphatic carbocycles. The molecule has 0 bridgehead atoms. The molecule has 0 aromatic rings. The first-order valence-corrected chi connectivity index (χ1v) is 4.61. The van der Waals surface area contributed by atoms with E-state index in [1.165, 1.54) is 0 Å². The van der Waals surface area contributed by atoms with Crippen molar-refractivity contribution in [1.29, 1.82) is 0 Å². The van der Waals surface area contributed by atoms with Crippen molar-refractivity contribution in [1.82, 2.24) is 0 Å². The Labute approximate surface area is 92.1 Å². The first-order chi connectivity index (χ1) is 5.56. The van der Waals surface area contributed by atoms with Crippen LogP contribution in [0.25, 0.3) is 0 Å². The van der Waals surface area contributed by atoms with Crippen LogP contribution in [0.2, 0.25) is 0 Å². The molecule has 80 valence electrons. The Balaban J connectivity index is 4.81. The van der Waals surface area contributed by atoms with Gasteiger partial charge in [0.2, 0.25) is 0 Å². The zero-order chi connectivity index (χ0) is 10.9. The largest absolute Gasteiger partial charge is 0.356 e. The number of rotatable bonds is 3. The molecule has 0 amide bonds. The summed E-state index contributed by atoms with van der Waals surface area (Å²) in [6.45, 7) is 0. The van der Waals surface area contributed by atoms with Gasteiger partial charge in [-0.15, -0.1) is 11.6 Å². The van der Waals surface area contributed by atoms with Crippen LogP contribution < -0.4 is 0 Å². The molecular weight excluding hydrogens is 278 g/mol. The molecule has 0 saturated carbocycles. The number of hydrogen-bond donors (Lipinski definition) is 0. The van der Waals surface area contributed by atoms with Gasteiger partial charge in [0.15, 0.2) is 0 Å². The Bertz CT molecular complexity index is 176. The molecule has 0 nitrogen and oxygen atoms in total. The van der Waals surface area contributed by atoms with E-state index in [9.17, 15) is 17.6 Å². The van der Waals surface area contributed by atoms with Crippen molar-refractivity contribution < 1.29 is 17.6 Å². The molecule has 0 aliphatic rings. The Morgan fingerprint density at radius 2 is 1.31 bits per heavy atom. The van der Waals surface area contributed by atoms with E-state index in [0.717, 1.165) is 0 Å². The maximum Gasteiger partial charge on any atom is 0.356 e. The van der Waals surface area contributed by atoms with Crippen molar-refractivity contribution >= 4 is 46.4 Å². The van der Waals surface area contributed by atoms with Gasteiger partial charge < -0.3 is 0 Å². The summed E-state index contributed by atoms with van der Waals surface area (Å²) in [4.78, 5) is 0. The Morgan fingerprint density at radius 1 is 0.923 bits per heavy atom. The zero-order valence-corrected chi connectivity index (χ0v) is 8.96. The van der Waals surface area contributed by atoms with Crippen LogP contribution in [0.1, 0.15) is 6.42 Å². The standard InChI is InChI=1S/C5H4Cl4F4/c6-2-1-3(10,11)4(12,13)5(7,8)9/h1-2H2. The summed E-state index contributed by atoms with van der Waals surface area (Å²) in [5.41, 5.74) is 0. The molecule has 0 saturated heterocycles. The van der Waals surface area contributed by atoms with Crippen LogP contribution in [-0.2, 0) is 0 Å². The molecule has 0 fully saturated rings. The van der Waals surface area contributed by atoms with E-state index in [4.69, 9.17) is 46.4 Å². The minimum atomic E-state index is -4.74. The first-order valence-electron chi connectivity index (χ1n) is 2.94. The molecule has 8 heteroatoms. The van der Waals surface area contributed by atoms with Crippen molar-refractivity contribution in [3.05, 3.63) is 0 Å². The maximum absolute atomic E-state index is 12.7. The molecule has 0 unspecified atom stereocenters. The van der Waals surface area contributed by atoms with Gasteiger partial charge in [-0.1, -0.05) is 34.8 Å². The molecule has 0 rings (SSSR count). The van der Waals surface area contributed by atoms with E-state index < -0.39 is 27.9 Å². The number of halogens is 8. The summed E-state index contributed by atoms with van der Waals surface area (Å²) in [5.74, 6) is -9.82. The van der Waals surface area contributed by atoms with Crippen molar-refractivity contribution in [2.45, 2.75) is 22.1 Å². The fourth-order valence-electron chi connectivity index (χ4n) is 0.483. The first kappa shape index (κ1) is 13.9. The lowest BCUT2D eigenvalue weighted by Gasteiger charge is -2.30. The summed E-state index contributed by atoms with van der Waals surface area (Å²) in [7, 11) is 0. The molecule has 0 spiro atoms. The highest BCUT2D eigenvalue weighted by Gasteiger charge is 2.67. The van der Waals surface area contributed by atoms with Gasteiger partial charge in [0.1, 0.15) is 0 Å². The van der Waals surface area contributed by atoms with Crippen LogP contribution in [0.15, 0.2) is 0 Å². The Morgan fingerprint density at radius 3 is 1.54 bits per heavy atom. The number of alkyl halides is 8. The van der Waals surface area contributed by atoms with Crippen LogP contribution in [-0.4, -0.2) is 21.5 Å². The molecule has 13 heavy (non-hydrogen) atoms. The molecule has 0 aliphatic heterocycles. The fourth-order valence-corrected chi connectivity index (χ4v) is 1.14. The van der Waals surface area contributed by atoms with Gasteiger partial charge in [0.05, 0.1) is 0 Å². The number of hydrogen-bond acceptors (Lipinski definition) is 0. The lowest BCUT2D eigenvalue weighted by atomic mass is 10.1. The molecule has 0 N–H and O–H groups in total. The predicted molar refractivity (Wildman–Crippen MR) is 45.5 cm³/mol. The average molecular weight is 282 g/mol. The normalized spacial score (nSPS) is 14.8. The highest BCUT2D eigenvalue weighted by Crippen LogP contribution is 2.51.